The van der Waals surface area contributed by atoms with Gasteiger partial charge in [0.05, 0.1) is 6.54 Å². The van der Waals surface area contributed by atoms with Crippen molar-refractivity contribution in [1.82, 2.24) is 4.90 Å². The Balaban J connectivity index is 1.43. The molecule has 0 saturated carbocycles. The van der Waals surface area contributed by atoms with Gasteiger partial charge in [0.2, 0.25) is 11.8 Å². The van der Waals surface area contributed by atoms with Gasteiger partial charge in [-0.25, -0.2) is 0 Å². The average molecular weight is 364 g/mol. The summed E-state index contributed by atoms with van der Waals surface area (Å²) in [6.07, 6.45) is 2.09. The topological polar surface area (TPSA) is 49.9 Å². The number of hydrogen-bond donors (Lipinski definition) is 0. The van der Waals surface area contributed by atoms with Crippen molar-refractivity contribution in [3.63, 3.8) is 0 Å². The van der Waals surface area contributed by atoms with Gasteiger partial charge >= 0.3 is 0 Å². The van der Waals surface area contributed by atoms with E-state index in [0.29, 0.717) is 32.5 Å². The summed E-state index contributed by atoms with van der Waals surface area (Å²) >= 11 is 0. The average Bonchev–Trinajstić information content (AvgIpc) is 2.98. The largest absolute Gasteiger partial charge is 0.491 e. The Labute approximate surface area is 159 Å². The summed E-state index contributed by atoms with van der Waals surface area (Å²) in [5, 5.41) is 0. The van der Waals surface area contributed by atoms with Gasteiger partial charge in [-0.1, -0.05) is 30.3 Å². The Kier molecular flexibility index (Phi) is 4.84. The number of anilines is 1. The Morgan fingerprint density at radius 1 is 1.07 bits per heavy atom. The number of aryl methyl sites for hydroxylation is 1. The van der Waals surface area contributed by atoms with E-state index in [9.17, 15) is 9.59 Å². The van der Waals surface area contributed by atoms with Crippen LogP contribution in [0.1, 0.15) is 30.0 Å². The molecule has 2 aliphatic heterocycles. The second kappa shape index (κ2) is 7.43. The van der Waals surface area contributed by atoms with E-state index < -0.39 is 0 Å². The summed E-state index contributed by atoms with van der Waals surface area (Å²) in [5.41, 5.74) is 4.41. The third kappa shape index (κ3) is 3.68. The van der Waals surface area contributed by atoms with Gasteiger partial charge in [0.1, 0.15) is 12.4 Å². The van der Waals surface area contributed by atoms with Crippen molar-refractivity contribution in [2.45, 2.75) is 32.7 Å². The van der Waals surface area contributed by atoms with Crippen molar-refractivity contribution >= 4 is 17.5 Å². The molecule has 0 aliphatic carbocycles. The van der Waals surface area contributed by atoms with Crippen LogP contribution in [0, 0.1) is 0 Å². The lowest BCUT2D eigenvalue weighted by atomic mass is 10.0. The van der Waals surface area contributed by atoms with Crippen molar-refractivity contribution in [1.29, 1.82) is 0 Å². The zero-order chi connectivity index (χ0) is 18.8. The first kappa shape index (κ1) is 17.6. The smallest absolute Gasteiger partial charge is 0.227 e. The summed E-state index contributed by atoms with van der Waals surface area (Å²) in [6, 6.07) is 14.2. The molecule has 0 unspecified atom stereocenters. The molecule has 0 fully saturated rings. The normalized spacial score (nSPS) is 15.6. The van der Waals surface area contributed by atoms with Crippen LogP contribution in [-0.4, -0.2) is 36.4 Å². The second-order valence-electron chi connectivity index (χ2n) is 7.16. The maximum Gasteiger partial charge on any atom is 0.227 e. The quantitative estimate of drug-likeness (QED) is 0.841. The zero-order valence-corrected chi connectivity index (χ0v) is 15.6. The number of ether oxygens (including phenoxy) is 1. The number of hydrogen-bond acceptors (Lipinski definition) is 3. The van der Waals surface area contributed by atoms with Crippen molar-refractivity contribution in [3.8, 4) is 5.75 Å². The van der Waals surface area contributed by atoms with Gasteiger partial charge in [-0.05, 0) is 36.1 Å². The van der Waals surface area contributed by atoms with Crippen molar-refractivity contribution in [2.75, 3.05) is 24.6 Å². The van der Waals surface area contributed by atoms with Crippen LogP contribution in [0.25, 0.3) is 0 Å². The Morgan fingerprint density at radius 3 is 2.78 bits per heavy atom. The monoisotopic (exact) mass is 364 g/mol. The number of amides is 2. The molecule has 27 heavy (non-hydrogen) atoms. The maximum absolute atomic E-state index is 12.7. The summed E-state index contributed by atoms with van der Waals surface area (Å²) < 4.78 is 5.76. The van der Waals surface area contributed by atoms with E-state index in [4.69, 9.17) is 4.74 Å². The van der Waals surface area contributed by atoms with E-state index in [2.05, 4.69) is 12.1 Å². The second-order valence-corrected chi connectivity index (χ2v) is 7.16. The van der Waals surface area contributed by atoms with Crippen molar-refractivity contribution in [3.05, 3.63) is 59.2 Å². The zero-order valence-electron chi connectivity index (χ0n) is 15.6. The predicted molar refractivity (Wildman–Crippen MR) is 104 cm³/mol. The van der Waals surface area contributed by atoms with Crippen LogP contribution < -0.4 is 9.64 Å². The molecule has 2 aromatic carbocycles. The third-order valence-electron chi connectivity index (χ3n) is 5.37. The molecule has 0 aromatic heterocycles. The molecule has 0 radical (unpaired) electrons. The first-order chi connectivity index (χ1) is 13.1. The fraction of sp³-hybridized carbons (Fsp3) is 0.364. The van der Waals surface area contributed by atoms with Crippen LogP contribution in [0.2, 0.25) is 0 Å². The highest BCUT2D eigenvalue weighted by Crippen LogP contribution is 2.29. The fourth-order valence-electron chi connectivity index (χ4n) is 3.86. The van der Waals surface area contributed by atoms with E-state index in [0.717, 1.165) is 35.5 Å². The standard InChI is InChI=1S/C22H24N2O3/c1-16(25)23-12-13-27-21-8-6-17(14-19(21)15-23)7-9-22(26)24-11-10-18-4-2-3-5-20(18)24/h2-6,8,14H,7,9-13,15H2,1H3. The fourth-order valence-corrected chi connectivity index (χ4v) is 3.86. The molecular weight excluding hydrogens is 340 g/mol. The minimum atomic E-state index is 0.0553. The van der Waals surface area contributed by atoms with Gasteiger partial charge in [-0.2, -0.15) is 0 Å². The van der Waals surface area contributed by atoms with E-state index in [-0.39, 0.29) is 11.8 Å². The lowest BCUT2D eigenvalue weighted by Crippen LogP contribution is -2.30. The molecule has 0 bridgehead atoms. The summed E-state index contributed by atoms with van der Waals surface area (Å²) in [7, 11) is 0. The highest BCUT2D eigenvalue weighted by molar-refractivity contribution is 5.95. The van der Waals surface area contributed by atoms with Crippen LogP contribution in [-0.2, 0) is 29.0 Å². The lowest BCUT2D eigenvalue weighted by Gasteiger charge is -2.18. The minimum absolute atomic E-state index is 0.0553. The first-order valence-electron chi connectivity index (χ1n) is 9.50. The number of rotatable bonds is 3. The van der Waals surface area contributed by atoms with E-state index in [1.165, 1.54) is 5.56 Å². The highest BCUT2D eigenvalue weighted by atomic mass is 16.5. The van der Waals surface area contributed by atoms with E-state index in [1.54, 1.807) is 11.8 Å². The molecule has 5 heteroatoms. The highest BCUT2D eigenvalue weighted by Gasteiger charge is 2.24. The minimum Gasteiger partial charge on any atom is -0.491 e. The van der Waals surface area contributed by atoms with E-state index in [1.807, 2.05) is 35.2 Å². The molecule has 5 nitrogen and oxygen atoms in total. The molecule has 2 aliphatic rings. The number of fused-ring (bicyclic) bond motifs is 2. The number of benzene rings is 2. The number of nitrogens with zero attached hydrogens (tertiary/aromatic N) is 2. The number of carbonyl (C=O) groups excluding carboxylic acids is 2. The Morgan fingerprint density at radius 2 is 1.93 bits per heavy atom. The molecule has 0 atom stereocenters. The lowest BCUT2D eigenvalue weighted by molar-refractivity contribution is -0.129. The molecule has 2 amide bonds. The molecular formula is C22H24N2O3. The Hall–Kier alpha value is -2.82. The summed E-state index contributed by atoms with van der Waals surface area (Å²) in [5.74, 6) is 1.05. The number of carbonyl (C=O) groups is 2. The molecule has 2 aromatic rings. The van der Waals surface area contributed by atoms with Gasteiger partial charge in [0.15, 0.2) is 0 Å². The van der Waals surface area contributed by atoms with Crippen molar-refractivity contribution < 1.29 is 14.3 Å². The maximum atomic E-state index is 12.7. The first-order valence-corrected chi connectivity index (χ1v) is 9.50. The van der Waals surface area contributed by atoms with E-state index >= 15 is 0 Å². The predicted octanol–water partition coefficient (Wildman–Crippen LogP) is 2.95. The van der Waals surface area contributed by atoms with Crippen molar-refractivity contribution in [2.24, 2.45) is 0 Å². The van der Waals surface area contributed by atoms with Gasteiger partial charge in [0.25, 0.3) is 0 Å². The van der Waals surface area contributed by atoms with Gasteiger partial charge in [0, 0.05) is 37.7 Å². The molecule has 140 valence electrons. The van der Waals surface area contributed by atoms with Crippen LogP contribution in [0.5, 0.6) is 5.75 Å². The molecule has 0 spiro atoms. The van der Waals surface area contributed by atoms with Gasteiger partial charge in [-0.15, -0.1) is 0 Å². The van der Waals surface area contributed by atoms with Crippen LogP contribution in [0.15, 0.2) is 42.5 Å². The SMILES string of the molecule is CC(=O)N1CCOc2ccc(CCC(=O)N3CCc4ccccc43)cc2C1. The van der Waals surface area contributed by atoms with Crippen LogP contribution in [0.4, 0.5) is 5.69 Å². The van der Waals surface area contributed by atoms with Crippen LogP contribution >= 0.6 is 0 Å². The molecule has 4 rings (SSSR count). The molecule has 0 N–H and O–H groups in total. The van der Waals surface area contributed by atoms with Crippen LogP contribution in [0.3, 0.4) is 0 Å². The summed E-state index contributed by atoms with van der Waals surface area (Å²) in [4.78, 5) is 28.1. The molecule has 0 saturated heterocycles. The summed E-state index contributed by atoms with van der Waals surface area (Å²) in [6.45, 7) is 4.03. The van der Waals surface area contributed by atoms with Gasteiger partial charge < -0.3 is 14.5 Å². The number of para-hydroxylation sites is 1. The third-order valence-corrected chi connectivity index (χ3v) is 5.37. The Bertz CT molecular complexity index is 878. The molecule has 2 heterocycles. The van der Waals surface area contributed by atoms with Gasteiger partial charge in [-0.3, -0.25) is 9.59 Å².